The van der Waals surface area contributed by atoms with Crippen molar-refractivity contribution in [2.24, 2.45) is 0 Å². The molecule has 1 aliphatic rings. The second-order valence-electron chi connectivity index (χ2n) is 8.01. The highest BCUT2D eigenvalue weighted by molar-refractivity contribution is 7.89. The van der Waals surface area contributed by atoms with Crippen LogP contribution in [0.1, 0.15) is 34.7 Å². The number of nitrogens with one attached hydrogen (secondary N) is 1. The Bertz CT molecular complexity index is 954. The summed E-state index contributed by atoms with van der Waals surface area (Å²) in [5, 5.41) is 0. The van der Waals surface area contributed by atoms with Crippen molar-refractivity contribution in [2.75, 3.05) is 39.1 Å². The fraction of sp³-hybridized carbons (Fsp3) is 0.455. The quantitative estimate of drug-likeness (QED) is 0.807. The molecule has 0 aromatic heterocycles. The lowest BCUT2D eigenvalue weighted by Gasteiger charge is -2.30. The van der Waals surface area contributed by atoms with E-state index >= 15 is 0 Å². The number of rotatable bonds is 6. The Kier molecular flexibility index (Phi) is 6.12. The molecule has 0 saturated heterocycles. The Morgan fingerprint density at radius 3 is 2.61 bits per heavy atom. The molecule has 6 heteroatoms. The summed E-state index contributed by atoms with van der Waals surface area (Å²) in [6.45, 7) is 5.15. The zero-order valence-corrected chi connectivity index (χ0v) is 18.3. The summed E-state index contributed by atoms with van der Waals surface area (Å²) < 4.78 is 28.6. The maximum atomic E-state index is 12.9. The lowest BCUT2D eigenvalue weighted by atomic mass is 9.96. The van der Waals surface area contributed by atoms with E-state index in [4.69, 9.17) is 0 Å². The maximum Gasteiger partial charge on any atom is 0.240 e. The van der Waals surface area contributed by atoms with Crippen LogP contribution in [-0.4, -0.2) is 47.6 Å². The number of hydrogen-bond donors (Lipinski definition) is 1. The minimum Gasteiger partial charge on any atom is -0.374 e. The fourth-order valence-electron chi connectivity index (χ4n) is 3.87. The summed E-state index contributed by atoms with van der Waals surface area (Å²) >= 11 is 0. The lowest BCUT2D eigenvalue weighted by molar-refractivity contribution is 0.299. The summed E-state index contributed by atoms with van der Waals surface area (Å²) in [5.41, 5.74) is 5.46. The molecule has 0 amide bonds. The molecule has 1 atom stereocenters. The number of aryl methyl sites for hydroxylation is 3. The third-order valence-corrected chi connectivity index (χ3v) is 7.13. The van der Waals surface area contributed by atoms with E-state index in [1.54, 1.807) is 6.07 Å². The first-order chi connectivity index (χ1) is 13.2. The molecule has 2 aromatic rings. The van der Waals surface area contributed by atoms with Gasteiger partial charge >= 0.3 is 0 Å². The third-order valence-electron chi connectivity index (χ3n) is 5.56. The number of likely N-dealkylation sites (N-methyl/N-ethyl adjacent to an activating group) is 1. The van der Waals surface area contributed by atoms with E-state index in [9.17, 15) is 8.42 Å². The van der Waals surface area contributed by atoms with Gasteiger partial charge in [-0.15, -0.1) is 0 Å². The zero-order chi connectivity index (χ0) is 20.5. The first kappa shape index (κ1) is 20.8. The predicted molar refractivity (Wildman–Crippen MR) is 116 cm³/mol. The van der Waals surface area contributed by atoms with Gasteiger partial charge in [-0.3, -0.25) is 0 Å². The highest BCUT2D eigenvalue weighted by atomic mass is 32.2. The van der Waals surface area contributed by atoms with Crippen LogP contribution in [0.4, 0.5) is 5.69 Å². The van der Waals surface area contributed by atoms with Crippen LogP contribution in [-0.2, 0) is 16.4 Å². The first-order valence-electron chi connectivity index (χ1n) is 9.76. The SMILES string of the molecule is Cc1ccc(C)c(S(=O)(=O)NC[C@@H](c2ccc3c(c2)CCCN3C)N(C)C)c1. The van der Waals surface area contributed by atoms with E-state index in [1.807, 2.05) is 40.1 Å². The van der Waals surface area contributed by atoms with Crippen molar-refractivity contribution in [3.8, 4) is 0 Å². The molecule has 1 aliphatic heterocycles. The zero-order valence-electron chi connectivity index (χ0n) is 17.5. The first-order valence-corrected chi connectivity index (χ1v) is 11.2. The molecule has 28 heavy (non-hydrogen) atoms. The van der Waals surface area contributed by atoms with Crippen LogP contribution in [0.2, 0.25) is 0 Å². The molecule has 1 N–H and O–H groups in total. The maximum absolute atomic E-state index is 12.9. The van der Waals surface area contributed by atoms with Crippen molar-refractivity contribution in [3.63, 3.8) is 0 Å². The lowest BCUT2D eigenvalue weighted by Crippen LogP contribution is -2.35. The van der Waals surface area contributed by atoms with Crippen LogP contribution >= 0.6 is 0 Å². The molecule has 0 saturated carbocycles. The van der Waals surface area contributed by atoms with Gasteiger partial charge in [-0.2, -0.15) is 0 Å². The summed E-state index contributed by atoms with van der Waals surface area (Å²) in [5.74, 6) is 0. The second kappa shape index (κ2) is 8.23. The van der Waals surface area contributed by atoms with Gasteiger partial charge in [-0.05, 0) is 75.2 Å². The minimum atomic E-state index is -3.56. The van der Waals surface area contributed by atoms with Crippen molar-refractivity contribution >= 4 is 15.7 Å². The largest absolute Gasteiger partial charge is 0.374 e. The standard InChI is InChI=1S/C22H31N3O2S/c1-16-8-9-17(2)22(13-16)28(26,27)23-15-21(24(3)4)19-10-11-20-18(14-19)7-6-12-25(20)5/h8-11,13-14,21,23H,6-7,12,15H2,1-5H3/t21-/m0/s1. The molecular formula is C22H31N3O2S. The van der Waals surface area contributed by atoms with Gasteiger partial charge in [-0.1, -0.05) is 24.3 Å². The average molecular weight is 402 g/mol. The van der Waals surface area contributed by atoms with Gasteiger partial charge in [0.15, 0.2) is 0 Å². The van der Waals surface area contributed by atoms with Crippen molar-refractivity contribution < 1.29 is 8.42 Å². The highest BCUT2D eigenvalue weighted by Crippen LogP contribution is 2.30. The molecule has 0 aliphatic carbocycles. The molecule has 152 valence electrons. The molecule has 0 fully saturated rings. The van der Waals surface area contributed by atoms with Gasteiger partial charge < -0.3 is 9.80 Å². The summed E-state index contributed by atoms with van der Waals surface area (Å²) in [6, 6.07) is 12.0. The van der Waals surface area contributed by atoms with E-state index in [0.717, 1.165) is 36.1 Å². The van der Waals surface area contributed by atoms with E-state index in [1.165, 1.54) is 11.3 Å². The van der Waals surface area contributed by atoms with Gasteiger partial charge in [-0.25, -0.2) is 13.1 Å². The van der Waals surface area contributed by atoms with Crippen LogP contribution < -0.4 is 9.62 Å². The van der Waals surface area contributed by atoms with Crippen LogP contribution in [0.25, 0.3) is 0 Å². The van der Waals surface area contributed by atoms with Gasteiger partial charge in [0, 0.05) is 31.9 Å². The molecule has 2 aromatic carbocycles. The molecule has 0 unspecified atom stereocenters. The fourth-order valence-corrected chi connectivity index (χ4v) is 5.24. The monoisotopic (exact) mass is 401 g/mol. The number of nitrogens with zero attached hydrogens (tertiary/aromatic N) is 2. The van der Waals surface area contributed by atoms with Gasteiger partial charge in [0.05, 0.1) is 4.90 Å². The van der Waals surface area contributed by atoms with Crippen LogP contribution in [0, 0.1) is 13.8 Å². The molecule has 1 heterocycles. The molecular weight excluding hydrogens is 370 g/mol. The van der Waals surface area contributed by atoms with Crippen LogP contribution in [0.5, 0.6) is 0 Å². The number of sulfonamides is 1. The number of benzene rings is 2. The van der Waals surface area contributed by atoms with Crippen molar-refractivity contribution in [1.29, 1.82) is 0 Å². The van der Waals surface area contributed by atoms with Crippen molar-refractivity contribution in [2.45, 2.75) is 37.6 Å². The van der Waals surface area contributed by atoms with Crippen LogP contribution in [0.15, 0.2) is 41.3 Å². The number of anilines is 1. The Morgan fingerprint density at radius 2 is 1.89 bits per heavy atom. The third kappa shape index (κ3) is 4.40. The van der Waals surface area contributed by atoms with E-state index in [0.29, 0.717) is 11.4 Å². The van der Waals surface area contributed by atoms with Gasteiger partial charge in [0.25, 0.3) is 0 Å². The average Bonchev–Trinajstić information content (AvgIpc) is 2.63. The summed E-state index contributed by atoms with van der Waals surface area (Å²) in [6.07, 6.45) is 2.22. The predicted octanol–water partition coefficient (Wildman–Crippen LogP) is 3.27. The number of fused-ring (bicyclic) bond motifs is 1. The topological polar surface area (TPSA) is 52.7 Å². The molecule has 0 bridgehead atoms. The van der Waals surface area contributed by atoms with Gasteiger partial charge in [0.1, 0.15) is 0 Å². The Morgan fingerprint density at radius 1 is 1.14 bits per heavy atom. The second-order valence-corrected chi connectivity index (χ2v) is 9.75. The normalized spacial score (nSPS) is 15.6. The molecule has 0 spiro atoms. The minimum absolute atomic E-state index is 0.0302. The van der Waals surface area contributed by atoms with Crippen LogP contribution in [0.3, 0.4) is 0 Å². The summed E-state index contributed by atoms with van der Waals surface area (Å²) in [7, 11) is 2.54. The Hall–Kier alpha value is -1.89. The number of hydrogen-bond acceptors (Lipinski definition) is 4. The van der Waals surface area contributed by atoms with E-state index < -0.39 is 10.0 Å². The highest BCUT2D eigenvalue weighted by Gasteiger charge is 2.23. The van der Waals surface area contributed by atoms with Crippen molar-refractivity contribution in [3.05, 3.63) is 58.7 Å². The Balaban J connectivity index is 1.83. The molecule has 5 nitrogen and oxygen atoms in total. The van der Waals surface area contributed by atoms with Gasteiger partial charge in [0.2, 0.25) is 10.0 Å². The van der Waals surface area contributed by atoms with Crippen molar-refractivity contribution in [1.82, 2.24) is 9.62 Å². The smallest absolute Gasteiger partial charge is 0.240 e. The summed E-state index contributed by atoms with van der Waals surface area (Å²) in [4.78, 5) is 4.72. The van der Waals surface area contributed by atoms with E-state index in [-0.39, 0.29) is 6.04 Å². The molecule has 3 rings (SSSR count). The Labute approximate surface area is 169 Å². The molecule has 0 radical (unpaired) electrons. The van der Waals surface area contributed by atoms with E-state index in [2.05, 4.69) is 39.8 Å².